The highest BCUT2D eigenvalue weighted by Crippen LogP contribution is 2.44. The Balaban J connectivity index is 1.70. The molecule has 2 heterocycles. The highest BCUT2D eigenvalue weighted by Gasteiger charge is 2.36. The van der Waals surface area contributed by atoms with E-state index in [1.807, 2.05) is 34.6 Å². The van der Waals surface area contributed by atoms with Crippen molar-refractivity contribution in [2.45, 2.75) is 112 Å². The van der Waals surface area contributed by atoms with Crippen molar-refractivity contribution in [3.63, 3.8) is 0 Å². The van der Waals surface area contributed by atoms with Crippen molar-refractivity contribution in [2.75, 3.05) is 24.5 Å². The van der Waals surface area contributed by atoms with Crippen molar-refractivity contribution in [3.8, 4) is 11.1 Å². The van der Waals surface area contributed by atoms with E-state index in [-0.39, 0.29) is 5.41 Å². The van der Waals surface area contributed by atoms with Crippen LogP contribution in [0, 0.1) is 25.2 Å². The molecule has 2 aliphatic rings. The molecule has 0 amide bonds. The van der Waals surface area contributed by atoms with E-state index in [9.17, 15) is 9.90 Å². The number of piperidine rings is 1. The molecule has 1 aromatic heterocycles. The second kappa shape index (κ2) is 12.6. The first-order valence-corrected chi connectivity index (χ1v) is 15.3. The lowest BCUT2D eigenvalue weighted by Crippen LogP contribution is -2.39. The normalized spacial score (nSPS) is 19.0. The number of rotatable bonds is 9. The van der Waals surface area contributed by atoms with E-state index in [0.29, 0.717) is 5.56 Å². The Morgan fingerprint density at radius 1 is 1.07 bits per heavy atom. The van der Waals surface area contributed by atoms with Gasteiger partial charge in [0.2, 0.25) is 0 Å². The number of pyridine rings is 1. The maximum Gasteiger partial charge on any atom is 0.337 e. The number of aryl methyl sites for hydroxylation is 2. The SMILES string of the molecule is Cc1nc(C)c([C@H](OC(C)(C)C)C(=O)O)c(N2CCC(C)(C)CC2)c1-c1ccc(CNCC2CCCCC2)cc1. The van der Waals surface area contributed by atoms with E-state index < -0.39 is 17.7 Å². The summed E-state index contributed by atoms with van der Waals surface area (Å²) in [5.41, 5.74) is 6.31. The fourth-order valence-corrected chi connectivity index (χ4v) is 6.36. The zero-order valence-corrected chi connectivity index (χ0v) is 25.9. The number of hydrogen-bond donors (Lipinski definition) is 2. The van der Waals surface area contributed by atoms with Crippen LogP contribution in [0.1, 0.15) is 108 Å². The van der Waals surface area contributed by atoms with Crippen LogP contribution in [0.5, 0.6) is 0 Å². The maximum atomic E-state index is 12.7. The van der Waals surface area contributed by atoms with Gasteiger partial charge in [-0.15, -0.1) is 0 Å². The average Bonchev–Trinajstić information content (AvgIpc) is 2.88. The fourth-order valence-electron chi connectivity index (χ4n) is 6.36. The quantitative estimate of drug-likeness (QED) is 0.335. The van der Waals surface area contributed by atoms with Gasteiger partial charge in [-0.3, -0.25) is 4.98 Å². The van der Waals surface area contributed by atoms with Crippen LogP contribution in [0.2, 0.25) is 0 Å². The number of nitrogens with zero attached hydrogens (tertiary/aromatic N) is 2. The Morgan fingerprint density at radius 2 is 1.70 bits per heavy atom. The number of hydrogen-bond acceptors (Lipinski definition) is 5. The lowest BCUT2D eigenvalue weighted by molar-refractivity contribution is -0.160. The van der Waals surface area contributed by atoms with Crippen LogP contribution in [0.25, 0.3) is 11.1 Å². The van der Waals surface area contributed by atoms with Gasteiger partial charge in [-0.2, -0.15) is 0 Å². The van der Waals surface area contributed by atoms with Crippen molar-refractivity contribution in [2.24, 2.45) is 11.3 Å². The predicted molar refractivity (Wildman–Crippen MR) is 164 cm³/mol. The van der Waals surface area contributed by atoms with Gasteiger partial charge in [0, 0.05) is 42.1 Å². The third-order valence-electron chi connectivity index (χ3n) is 8.70. The predicted octanol–water partition coefficient (Wildman–Crippen LogP) is 7.60. The Morgan fingerprint density at radius 3 is 2.27 bits per heavy atom. The number of ether oxygens (including phenoxy) is 1. The van der Waals surface area contributed by atoms with Crippen LogP contribution in [0.3, 0.4) is 0 Å². The first kappa shape index (κ1) is 30.5. The molecule has 4 rings (SSSR count). The second-order valence-electron chi connectivity index (χ2n) is 13.9. The van der Waals surface area contributed by atoms with Gasteiger partial charge >= 0.3 is 5.97 Å². The van der Waals surface area contributed by atoms with Gasteiger partial charge in [0.05, 0.1) is 11.3 Å². The molecule has 0 radical (unpaired) electrons. The minimum atomic E-state index is -1.10. The molecular formula is C34H51N3O3. The largest absolute Gasteiger partial charge is 0.479 e. The summed E-state index contributed by atoms with van der Waals surface area (Å²) in [6.07, 6.45) is 7.83. The molecule has 6 nitrogen and oxygen atoms in total. The van der Waals surface area contributed by atoms with E-state index >= 15 is 0 Å². The molecular weight excluding hydrogens is 498 g/mol. The number of carboxylic acids is 1. The van der Waals surface area contributed by atoms with Crippen molar-refractivity contribution in [1.29, 1.82) is 0 Å². The summed E-state index contributed by atoms with van der Waals surface area (Å²) in [4.78, 5) is 20.0. The van der Waals surface area contributed by atoms with Gasteiger partial charge in [0.25, 0.3) is 0 Å². The summed E-state index contributed by atoms with van der Waals surface area (Å²) in [5, 5.41) is 14.1. The number of aliphatic carboxylic acids is 1. The van der Waals surface area contributed by atoms with E-state index in [2.05, 4.69) is 48.3 Å². The summed E-state index contributed by atoms with van der Waals surface area (Å²) in [7, 11) is 0. The van der Waals surface area contributed by atoms with Gasteiger partial charge in [-0.25, -0.2) is 4.79 Å². The number of benzene rings is 1. The van der Waals surface area contributed by atoms with Gasteiger partial charge < -0.3 is 20.1 Å². The molecule has 2 aromatic rings. The van der Waals surface area contributed by atoms with E-state index in [1.165, 1.54) is 37.7 Å². The summed E-state index contributed by atoms with van der Waals surface area (Å²) in [6.45, 7) is 18.0. The summed E-state index contributed by atoms with van der Waals surface area (Å²) >= 11 is 0. The van der Waals surface area contributed by atoms with Gasteiger partial charge in [-0.05, 0) is 89.3 Å². The first-order chi connectivity index (χ1) is 18.8. The molecule has 1 atom stereocenters. The smallest absolute Gasteiger partial charge is 0.337 e. The zero-order valence-electron chi connectivity index (χ0n) is 25.9. The molecule has 1 aliphatic heterocycles. The molecule has 1 saturated heterocycles. The van der Waals surface area contributed by atoms with Crippen LogP contribution in [-0.2, 0) is 16.1 Å². The second-order valence-corrected chi connectivity index (χ2v) is 13.9. The molecule has 40 heavy (non-hydrogen) atoms. The number of anilines is 1. The highest BCUT2D eigenvalue weighted by molar-refractivity contribution is 5.88. The van der Waals surface area contributed by atoms with Gasteiger partial charge in [0.15, 0.2) is 6.10 Å². The van der Waals surface area contributed by atoms with Crippen molar-refractivity contribution >= 4 is 11.7 Å². The number of carboxylic acid groups (broad SMARTS) is 1. The highest BCUT2D eigenvalue weighted by atomic mass is 16.5. The fraction of sp³-hybridized carbons (Fsp3) is 0.647. The van der Waals surface area contributed by atoms with Crippen molar-refractivity contribution in [1.82, 2.24) is 10.3 Å². The van der Waals surface area contributed by atoms with Gasteiger partial charge in [-0.1, -0.05) is 57.4 Å². The molecule has 1 saturated carbocycles. The molecule has 0 bridgehead atoms. The lowest BCUT2D eigenvalue weighted by atomic mass is 9.81. The zero-order chi connectivity index (χ0) is 29.1. The number of aromatic nitrogens is 1. The topological polar surface area (TPSA) is 74.7 Å². The van der Waals surface area contributed by atoms with E-state index in [0.717, 1.165) is 73.1 Å². The van der Waals surface area contributed by atoms with Crippen LogP contribution in [0.4, 0.5) is 5.69 Å². The monoisotopic (exact) mass is 549 g/mol. The minimum absolute atomic E-state index is 0.272. The van der Waals surface area contributed by atoms with Gasteiger partial charge in [0.1, 0.15) is 0 Å². The van der Waals surface area contributed by atoms with E-state index in [4.69, 9.17) is 9.72 Å². The van der Waals surface area contributed by atoms with E-state index in [1.54, 1.807) is 0 Å². The lowest BCUT2D eigenvalue weighted by Gasteiger charge is -2.41. The number of carbonyl (C=O) groups is 1. The standard InChI is InChI=1S/C34H51N3O3/c1-23-28(27-15-13-26(14-16-27)22-35-21-25-11-9-8-10-12-25)30(37-19-17-34(6,7)18-20-37)29(24(2)36-23)31(32(38)39)40-33(3,4)5/h13-16,25,31,35H,8-12,17-22H2,1-7H3,(H,38,39)/t31-/m0/s1. The Labute approximate surface area is 241 Å². The van der Waals surface area contributed by atoms with Crippen LogP contribution >= 0.6 is 0 Å². The Bertz CT molecular complexity index is 1150. The van der Waals surface area contributed by atoms with Crippen LogP contribution in [-0.4, -0.2) is 41.3 Å². The Kier molecular flexibility index (Phi) is 9.62. The Hall–Kier alpha value is -2.44. The molecule has 0 spiro atoms. The average molecular weight is 550 g/mol. The molecule has 0 unspecified atom stereocenters. The summed E-state index contributed by atoms with van der Waals surface area (Å²) in [5.74, 6) is -0.171. The summed E-state index contributed by atoms with van der Waals surface area (Å²) in [6, 6.07) is 8.76. The maximum absolute atomic E-state index is 12.7. The first-order valence-electron chi connectivity index (χ1n) is 15.3. The van der Waals surface area contributed by atoms with Crippen molar-refractivity contribution in [3.05, 3.63) is 46.8 Å². The molecule has 1 aromatic carbocycles. The molecule has 6 heteroatoms. The summed E-state index contributed by atoms with van der Waals surface area (Å²) < 4.78 is 6.21. The van der Waals surface area contributed by atoms with Crippen LogP contribution in [0.15, 0.2) is 24.3 Å². The van der Waals surface area contributed by atoms with Crippen molar-refractivity contribution < 1.29 is 14.6 Å². The molecule has 1 aliphatic carbocycles. The minimum Gasteiger partial charge on any atom is -0.479 e. The molecule has 2 N–H and O–H groups in total. The molecule has 220 valence electrons. The third-order valence-corrected chi connectivity index (χ3v) is 8.70. The molecule has 2 fully saturated rings. The third kappa shape index (κ3) is 7.64. The number of nitrogens with one attached hydrogen (secondary N) is 1. The van der Waals surface area contributed by atoms with Crippen LogP contribution < -0.4 is 10.2 Å².